The van der Waals surface area contributed by atoms with Gasteiger partial charge in [-0.3, -0.25) is 0 Å². The molecule has 5 nitrogen and oxygen atoms in total. The number of aliphatic hydroxyl groups is 1. The number of aliphatic hydroxyl groups excluding tert-OH is 1. The number of furan rings is 1. The van der Waals surface area contributed by atoms with Crippen LogP contribution in [0.4, 0.5) is 19.3 Å². The molecule has 0 fully saturated rings. The minimum absolute atomic E-state index is 0.110. The molecule has 0 bridgehead atoms. The van der Waals surface area contributed by atoms with Gasteiger partial charge in [0.05, 0.1) is 6.26 Å². The van der Waals surface area contributed by atoms with Crippen molar-refractivity contribution >= 4 is 23.3 Å². The number of nitrogens with one attached hydrogen (secondary N) is 2. The zero-order valence-corrected chi connectivity index (χ0v) is 12.9. The van der Waals surface area contributed by atoms with Crippen LogP contribution in [0.25, 0.3) is 0 Å². The lowest BCUT2D eigenvalue weighted by Gasteiger charge is -2.17. The van der Waals surface area contributed by atoms with E-state index in [1.165, 1.54) is 6.26 Å². The maximum atomic E-state index is 13.6. The SMILES string of the molecule is CC(CC(O)c1ccco1)NC(=O)Nc1c(F)cc(Cl)cc1F. The van der Waals surface area contributed by atoms with Crippen LogP contribution in [-0.4, -0.2) is 17.2 Å². The quantitative estimate of drug-likeness (QED) is 0.771. The molecular weight excluding hydrogens is 330 g/mol. The second kappa shape index (κ2) is 7.43. The first-order chi connectivity index (χ1) is 10.9. The van der Waals surface area contributed by atoms with Crippen molar-refractivity contribution < 1.29 is 23.1 Å². The van der Waals surface area contributed by atoms with E-state index in [2.05, 4.69) is 10.6 Å². The smallest absolute Gasteiger partial charge is 0.319 e. The van der Waals surface area contributed by atoms with Crippen molar-refractivity contribution in [2.24, 2.45) is 0 Å². The topological polar surface area (TPSA) is 74.5 Å². The fourth-order valence-corrected chi connectivity index (χ4v) is 2.22. The van der Waals surface area contributed by atoms with E-state index < -0.39 is 35.5 Å². The highest BCUT2D eigenvalue weighted by atomic mass is 35.5. The number of anilines is 1. The van der Waals surface area contributed by atoms with Crippen LogP contribution in [0.2, 0.25) is 5.02 Å². The van der Waals surface area contributed by atoms with Crippen LogP contribution in [0.15, 0.2) is 34.9 Å². The predicted octanol–water partition coefficient (Wildman–Crippen LogP) is 3.84. The Morgan fingerprint density at radius 3 is 2.61 bits per heavy atom. The molecule has 1 aromatic heterocycles. The van der Waals surface area contributed by atoms with Crippen LogP contribution in [-0.2, 0) is 0 Å². The third-order valence-corrected chi connectivity index (χ3v) is 3.29. The molecule has 0 radical (unpaired) electrons. The van der Waals surface area contributed by atoms with Crippen LogP contribution >= 0.6 is 11.6 Å². The Balaban J connectivity index is 1.92. The Morgan fingerprint density at radius 2 is 2.04 bits per heavy atom. The van der Waals surface area contributed by atoms with E-state index in [0.29, 0.717) is 5.76 Å². The van der Waals surface area contributed by atoms with Crippen LogP contribution in [0.1, 0.15) is 25.2 Å². The van der Waals surface area contributed by atoms with Gasteiger partial charge in [0.1, 0.15) is 17.6 Å². The monoisotopic (exact) mass is 344 g/mol. The fourth-order valence-electron chi connectivity index (χ4n) is 2.03. The Labute approximate surface area is 136 Å². The van der Waals surface area contributed by atoms with Gasteiger partial charge in [-0.15, -0.1) is 0 Å². The molecule has 1 aromatic carbocycles. The van der Waals surface area contributed by atoms with Crippen LogP contribution in [0.3, 0.4) is 0 Å². The first-order valence-electron chi connectivity index (χ1n) is 6.80. The van der Waals surface area contributed by atoms with E-state index in [1.807, 2.05) is 0 Å². The number of rotatable bonds is 5. The summed E-state index contributed by atoms with van der Waals surface area (Å²) in [6.45, 7) is 1.64. The maximum Gasteiger partial charge on any atom is 0.319 e. The van der Waals surface area contributed by atoms with Gasteiger partial charge in [-0.2, -0.15) is 0 Å². The molecule has 0 aliphatic carbocycles. The summed E-state index contributed by atoms with van der Waals surface area (Å²) in [5.74, 6) is -1.59. The standard InChI is InChI=1S/C15H15ClF2N2O3/c1-8(5-12(21)13-3-2-4-23-13)19-15(22)20-14-10(17)6-9(16)7-11(14)18/h2-4,6-8,12,21H,5H2,1H3,(H2,19,20,22). The third-order valence-electron chi connectivity index (χ3n) is 3.07. The summed E-state index contributed by atoms with van der Waals surface area (Å²) in [6.07, 6.45) is 0.700. The number of hydrogen-bond donors (Lipinski definition) is 3. The van der Waals surface area contributed by atoms with E-state index in [0.717, 1.165) is 12.1 Å². The summed E-state index contributed by atoms with van der Waals surface area (Å²) < 4.78 is 32.2. The van der Waals surface area contributed by atoms with Crippen molar-refractivity contribution in [3.05, 3.63) is 52.9 Å². The van der Waals surface area contributed by atoms with Crippen molar-refractivity contribution in [1.29, 1.82) is 0 Å². The Kier molecular flexibility index (Phi) is 5.57. The van der Waals surface area contributed by atoms with E-state index in [4.69, 9.17) is 16.0 Å². The minimum atomic E-state index is -0.978. The molecule has 2 atom stereocenters. The maximum absolute atomic E-state index is 13.6. The zero-order valence-electron chi connectivity index (χ0n) is 12.1. The highest BCUT2D eigenvalue weighted by Gasteiger charge is 2.18. The molecule has 0 spiro atoms. The summed E-state index contributed by atoms with van der Waals surface area (Å²) in [5, 5.41) is 14.3. The van der Waals surface area contributed by atoms with Crippen LogP contribution in [0.5, 0.6) is 0 Å². The van der Waals surface area contributed by atoms with Gasteiger partial charge in [0.2, 0.25) is 0 Å². The summed E-state index contributed by atoms with van der Waals surface area (Å²) in [4.78, 5) is 11.8. The van der Waals surface area contributed by atoms with Gasteiger partial charge in [0.25, 0.3) is 0 Å². The van der Waals surface area contributed by atoms with Crippen molar-refractivity contribution in [2.45, 2.75) is 25.5 Å². The van der Waals surface area contributed by atoms with Crippen molar-refractivity contribution in [2.75, 3.05) is 5.32 Å². The van der Waals surface area contributed by atoms with E-state index >= 15 is 0 Å². The van der Waals surface area contributed by atoms with Crippen molar-refractivity contribution in [3.63, 3.8) is 0 Å². The van der Waals surface area contributed by atoms with Gasteiger partial charge in [0, 0.05) is 17.5 Å². The first kappa shape index (κ1) is 17.2. The molecule has 0 saturated carbocycles. The van der Waals surface area contributed by atoms with Crippen molar-refractivity contribution in [3.8, 4) is 0 Å². The second-order valence-corrected chi connectivity index (χ2v) is 5.45. The van der Waals surface area contributed by atoms with Crippen molar-refractivity contribution in [1.82, 2.24) is 5.32 Å². The number of urea groups is 1. The molecule has 0 aliphatic heterocycles. The normalized spacial score (nSPS) is 13.4. The molecule has 0 aliphatic rings. The lowest BCUT2D eigenvalue weighted by Crippen LogP contribution is -2.37. The summed E-state index contributed by atoms with van der Waals surface area (Å²) >= 11 is 5.50. The molecule has 3 N–H and O–H groups in total. The molecule has 1 heterocycles. The minimum Gasteiger partial charge on any atom is -0.467 e. The average Bonchev–Trinajstić information content (AvgIpc) is 2.96. The largest absolute Gasteiger partial charge is 0.467 e. The highest BCUT2D eigenvalue weighted by Crippen LogP contribution is 2.23. The lowest BCUT2D eigenvalue weighted by molar-refractivity contribution is 0.130. The molecular formula is C15H15ClF2N2O3. The predicted molar refractivity (Wildman–Crippen MR) is 81.3 cm³/mol. The number of hydrogen-bond acceptors (Lipinski definition) is 3. The summed E-state index contributed by atoms with van der Waals surface area (Å²) in [5.41, 5.74) is -0.592. The number of carbonyl (C=O) groups is 1. The molecule has 2 unspecified atom stereocenters. The van der Waals surface area contributed by atoms with Gasteiger partial charge < -0.3 is 20.2 Å². The number of amides is 2. The third kappa shape index (κ3) is 4.67. The lowest BCUT2D eigenvalue weighted by atomic mass is 10.1. The van der Waals surface area contributed by atoms with E-state index in [-0.39, 0.29) is 11.4 Å². The molecule has 23 heavy (non-hydrogen) atoms. The molecule has 2 amide bonds. The van der Waals surface area contributed by atoms with Gasteiger partial charge >= 0.3 is 6.03 Å². The molecule has 0 saturated heterocycles. The van der Waals surface area contributed by atoms with Gasteiger partial charge in [0.15, 0.2) is 11.6 Å². The molecule has 2 aromatic rings. The van der Waals surface area contributed by atoms with Crippen LogP contribution in [0, 0.1) is 11.6 Å². The second-order valence-electron chi connectivity index (χ2n) is 5.01. The Hall–Kier alpha value is -2.12. The van der Waals surface area contributed by atoms with E-state index in [9.17, 15) is 18.7 Å². The van der Waals surface area contributed by atoms with Crippen LogP contribution < -0.4 is 10.6 Å². The summed E-state index contributed by atoms with van der Waals surface area (Å²) in [6, 6.07) is 3.76. The fraction of sp³-hybridized carbons (Fsp3) is 0.267. The zero-order chi connectivity index (χ0) is 17.0. The Bertz CT molecular complexity index is 656. The number of carbonyl (C=O) groups excluding carboxylic acids is 1. The highest BCUT2D eigenvalue weighted by molar-refractivity contribution is 6.30. The first-order valence-corrected chi connectivity index (χ1v) is 7.18. The van der Waals surface area contributed by atoms with E-state index in [1.54, 1.807) is 19.1 Å². The number of benzene rings is 1. The van der Waals surface area contributed by atoms with Gasteiger partial charge in [-0.1, -0.05) is 11.6 Å². The van der Waals surface area contributed by atoms with Gasteiger partial charge in [-0.05, 0) is 31.2 Å². The van der Waals surface area contributed by atoms with Gasteiger partial charge in [-0.25, -0.2) is 13.6 Å². The number of halogens is 3. The Morgan fingerprint density at radius 1 is 1.39 bits per heavy atom. The summed E-state index contributed by atoms with van der Waals surface area (Å²) in [7, 11) is 0. The molecule has 124 valence electrons. The molecule has 2 rings (SSSR count). The molecule has 8 heteroatoms. The average molecular weight is 345 g/mol.